The van der Waals surface area contributed by atoms with Crippen LogP contribution in [0.5, 0.6) is 0 Å². The Morgan fingerprint density at radius 1 is 1.12 bits per heavy atom. The van der Waals surface area contributed by atoms with Gasteiger partial charge in [0.2, 0.25) is 5.91 Å². The Bertz CT molecular complexity index is 626. The van der Waals surface area contributed by atoms with E-state index in [-0.39, 0.29) is 17.7 Å². The van der Waals surface area contributed by atoms with Gasteiger partial charge in [0.15, 0.2) is 0 Å². The molecule has 1 aromatic rings. The van der Waals surface area contributed by atoms with Crippen molar-refractivity contribution >= 4 is 11.8 Å². The summed E-state index contributed by atoms with van der Waals surface area (Å²) in [5.74, 6) is -0.0583. The molecule has 136 valence electrons. The summed E-state index contributed by atoms with van der Waals surface area (Å²) in [4.78, 5) is 30.0. The van der Waals surface area contributed by atoms with E-state index in [0.29, 0.717) is 11.6 Å². The monoisotopic (exact) mass is 343 g/mol. The first-order valence-electron chi connectivity index (χ1n) is 9.36. The van der Waals surface area contributed by atoms with Gasteiger partial charge in [0, 0.05) is 31.2 Å². The molecule has 25 heavy (non-hydrogen) atoms. The van der Waals surface area contributed by atoms with E-state index < -0.39 is 6.04 Å². The molecule has 2 heterocycles. The molecular formula is C20H29N3O2. The van der Waals surface area contributed by atoms with Crippen LogP contribution >= 0.6 is 0 Å². The lowest BCUT2D eigenvalue weighted by atomic mass is 10.0. The van der Waals surface area contributed by atoms with Crippen LogP contribution in [0.25, 0.3) is 0 Å². The third-order valence-electron chi connectivity index (χ3n) is 5.43. The van der Waals surface area contributed by atoms with Crippen molar-refractivity contribution in [2.24, 2.45) is 5.92 Å². The molecule has 5 heteroatoms. The van der Waals surface area contributed by atoms with Crippen LogP contribution in [-0.4, -0.2) is 59.9 Å². The lowest BCUT2D eigenvalue weighted by Crippen LogP contribution is -2.58. The zero-order chi connectivity index (χ0) is 18.0. The molecule has 0 radical (unpaired) electrons. The molecule has 5 nitrogen and oxygen atoms in total. The van der Waals surface area contributed by atoms with Gasteiger partial charge in [0.1, 0.15) is 6.04 Å². The van der Waals surface area contributed by atoms with Crippen LogP contribution in [-0.2, 0) is 4.79 Å². The number of fused-ring (bicyclic) bond motifs is 1. The van der Waals surface area contributed by atoms with E-state index in [1.165, 1.54) is 12.8 Å². The van der Waals surface area contributed by atoms with Crippen LogP contribution in [0.3, 0.4) is 0 Å². The first kappa shape index (κ1) is 17.9. The van der Waals surface area contributed by atoms with E-state index in [1.807, 2.05) is 49.9 Å². The Hall–Kier alpha value is -1.88. The van der Waals surface area contributed by atoms with Gasteiger partial charge in [0.05, 0.1) is 0 Å². The maximum atomic E-state index is 13.0. The SMILES string of the molecule is Cc1ccc(C(=O)NC(C(=O)N2CCN3CCCC3C2)C(C)C)cc1. The lowest BCUT2D eigenvalue weighted by molar-refractivity contribution is -0.136. The largest absolute Gasteiger partial charge is 0.340 e. The minimum absolute atomic E-state index is 0.0574. The molecule has 0 spiro atoms. The Labute approximate surface area is 150 Å². The third-order valence-corrected chi connectivity index (χ3v) is 5.43. The van der Waals surface area contributed by atoms with Crippen molar-refractivity contribution in [1.82, 2.24) is 15.1 Å². The molecule has 2 unspecified atom stereocenters. The molecular weight excluding hydrogens is 314 g/mol. The van der Waals surface area contributed by atoms with Crippen LogP contribution in [0.15, 0.2) is 24.3 Å². The summed E-state index contributed by atoms with van der Waals surface area (Å²) < 4.78 is 0. The van der Waals surface area contributed by atoms with Gasteiger partial charge in [-0.25, -0.2) is 0 Å². The second kappa shape index (κ2) is 7.56. The van der Waals surface area contributed by atoms with Crippen molar-refractivity contribution in [3.05, 3.63) is 35.4 Å². The molecule has 0 saturated carbocycles. The molecule has 2 aliphatic heterocycles. The molecule has 0 bridgehead atoms. The number of amides is 2. The molecule has 0 aromatic heterocycles. The summed E-state index contributed by atoms with van der Waals surface area (Å²) >= 11 is 0. The zero-order valence-electron chi connectivity index (χ0n) is 15.5. The van der Waals surface area contributed by atoms with Gasteiger partial charge >= 0.3 is 0 Å². The second-order valence-corrected chi connectivity index (χ2v) is 7.68. The molecule has 2 saturated heterocycles. The summed E-state index contributed by atoms with van der Waals surface area (Å²) in [6, 6.07) is 7.48. The quantitative estimate of drug-likeness (QED) is 0.910. The van der Waals surface area contributed by atoms with Crippen molar-refractivity contribution < 1.29 is 9.59 Å². The molecule has 2 aliphatic rings. The number of nitrogens with one attached hydrogen (secondary N) is 1. The van der Waals surface area contributed by atoms with Crippen LogP contribution < -0.4 is 5.32 Å². The van der Waals surface area contributed by atoms with Gasteiger partial charge < -0.3 is 10.2 Å². The maximum absolute atomic E-state index is 13.0. The van der Waals surface area contributed by atoms with E-state index in [2.05, 4.69) is 10.2 Å². The first-order chi connectivity index (χ1) is 12.0. The standard InChI is InChI=1S/C20H29N3O2/c1-14(2)18(21-19(24)16-8-6-15(3)7-9-16)20(25)23-12-11-22-10-4-5-17(22)13-23/h6-9,14,17-18H,4-5,10-13H2,1-3H3,(H,21,24). The van der Waals surface area contributed by atoms with Crippen LogP contribution in [0.4, 0.5) is 0 Å². The fourth-order valence-electron chi connectivity index (χ4n) is 3.83. The molecule has 3 rings (SSSR count). The van der Waals surface area contributed by atoms with Crippen molar-refractivity contribution in [2.45, 2.75) is 45.7 Å². The predicted molar refractivity (Wildman–Crippen MR) is 98.4 cm³/mol. The van der Waals surface area contributed by atoms with Crippen LogP contribution in [0.2, 0.25) is 0 Å². The Morgan fingerprint density at radius 2 is 1.84 bits per heavy atom. The number of carbonyl (C=O) groups excluding carboxylic acids is 2. The Kier molecular flexibility index (Phi) is 5.42. The Balaban J connectivity index is 1.66. The molecule has 0 aliphatic carbocycles. The summed E-state index contributed by atoms with van der Waals surface area (Å²) in [6.07, 6.45) is 2.40. The van der Waals surface area contributed by atoms with Crippen molar-refractivity contribution in [3.8, 4) is 0 Å². The predicted octanol–water partition coefficient (Wildman–Crippen LogP) is 2.06. The minimum Gasteiger partial charge on any atom is -0.340 e. The average molecular weight is 343 g/mol. The third kappa shape index (κ3) is 4.03. The van der Waals surface area contributed by atoms with Crippen molar-refractivity contribution in [3.63, 3.8) is 0 Å². The lowest BCUT2D eigenvalue weighted by Gasteiger charge is -2.39. The minimum atomic E-state index is -0.471. The van der Waals surface area contributed by atoms with Crippen LogP contribution in [0, 0.1) is 12.8 Å². The summed E-state index contributed by atoms with van der Waals surface area (Å²) in [6.45, 7) is 9.64. The highest BCUT2D eigenvalue weighted by molar-refractivity contribution is 5.97. The molecule has 1 N–H and O–H groups in total. The normalized spacial score (nSPS) is 21.9. The number of hydrogen-bond donors (Lipinski definition) is 1. The molecule has 2 atom stereocenters. The highest BCUT2D eigenvalue weighted by Crippen LogP contribution is 2.22. The topological polar surface area (TPSA) is 52.7 Å². The molecule has 2 amide bonds. The maximum Gasteiger partial charge on any atom is 0.251 e. The number of rotatable bonds is 4. The average Bonchev–Trinajstić information content (AvgIpc) is 3.06. The van der Waals surface area contributed by atoms with Gasteiger partial charge in [0.25, 0.3) is 5.91 Å². The van der Waals surface area contributed by atoms with E-state index in [1.54, 1.807) is 0 Å². The van der Waals surface area contributed by atoms with E-state index in [0.717, 1.165) is 31.7 Å². The van der Waals surface area contributed by atoms with E-state index in [4.69, 9.17) is 0 Å². The fourth-order valence-corrected chi connectivity index (χ4v) is 3.83. The number of nitrogens with zero attached hydrogens (tertiary/aromatic N) is 2. The van der Waals surface area contributed by atoms with E-state index >= 15 is 0 Å². The number of benzene rings is 1. The van der Waals surface area contributed by atoms with E-state index in [9.17, 15) is 9.59 Å². The number of piperazine rings is 1. The highest BCUT2D eigenvalue weighted by atomic mass is 16.2. The van der Waals surface area contributed by atoms with Gasteiger partial charge in [-0.3, -0.25) is 14.5 Å². The van der Waals surface area contributed by atoms with Crippen LogP contribution in [0.1, 0.15) is 42.6 Å². The molecule has 2 fully saturated rings. The first-order valence-corrected chi connectivity index (χ1v) is 9.36. The summed E-state index contributed by atoms with van der Waals surface area (Å²) in [7, 11) is 0. The van der Waals surface area contributed by atoms with Crippen molar-refractivity contribution in [2.75, 3.05) is 26.2 Å². The Morgan fingerprint density at radius 3 is 2.52 bits per heavy atom. The summed E-state index contributed by atoms with van der Waals surface area (Å²) in [5.41, 5.74) is 1.71. The fraction of sp³-hybridized carbons (Fsp3) is 0.600. The number of carbonyl (C=O) groups is 2. The van der Waals surface area contributed by atoms with Gasteiger partial charge in [-0.2, -0.15) is 0 Å². The van der Waals surface area contributed by atoms with Gasteiger partial charge in [-0.15, -0.1) is 0 Å². The highest BCUT2D eigenvalue weighted by Gasteiger charge is 2.36. The summed E-state index contributed by atoms with van der Waals surface area (Å²) in [5, 5.41) is 2.97. The zero-order valence-corrected chi connectivity index (χ0v) is 15.5. The second-order valence-electron chi connectivity index (χ2n) is 7.68. The van der Waals surface area contributed by atoms with Gasteiger partial charge in [-0.1, -0.05) is 31.5 Å². The van der Waals surface area contributed by atoms with Crippen molar-refractivity contribution in [1.29, 1.82) is 0 Å². The number of hydrogen-bond acceptors (Lipinski definition) is 3. The molecule has 1 aromatic carbocycles. The van der Waals surface area contributed by atoms with Gasteiger partial charge in [-0.05, 0) is 44.4 Å². The number of aryl methyl sites for hydroxylation is 1. The smallest absolute Gasteiger partial charge is 0.251 e.